The monoisotopic (exact) mass is 132 g/mol. The van der Waals surface area contributed by atoms with Gasteiger partial charge in [-0.25, -0.2) is 4.98 Å². The van der Waals surface area contributed by atoms with E-state index in [0.717, 1.165) is 11.3 Å². The highest BCUT2D eigenvalue weighted by molar-refractivity contribution is 7.09. The fraction of sp³-hybridized carbons (Fsp3) is 0.500. The summed E-state index contributed by atoms with van der Waals surface area (Å²) < 4.78 is 36.0. The van der Waals surface area contributed by atoms with E-state index in [1.165, 1.54) is 5.51 Å². The highest BCUT2D eigenvalue weighted by Gasteiger charge is 1.94. The van der Waals surface area contributed by atoms with E-state index in [1.807, 2.05) is 0 Å². The van der Waals surface area contributed by atoms with Gasteiger partial charge in [-0.2, -0.15) is 0 Å². The Balaban J connectivity index is 3.15. The van der Waals surface area contributed by atoms with Crippen LogP contribution in [0.4, 0.5) is 0 Å². The molecule has 1 nitrogen and oxygen atoms in total. The molecule has 1 heterocycles. The predicted octanol–water partition coefficient (Wildman–Crippen LogP) is 2.01. The van der Waals surface area contributed by atoms with Crippen LogP contribution in [0.1, 0.15) is 24.3 Å². The van der Waals surface area contributed by atoms with Crippen molar-refractivity contribution in [3.63, 3.8) is 0 Å². The third-order valence-corrected chi connectivity index (χ3v) is 1.70. The van der Waals surface area contributed by atoms with Crippen molar-refractivity contribution in [2.24, 2.45) is 0 Å². The van der Waals surface area contributed by atoms with Crippen molar-refractivity contribution in [1.82, 2.24) is 4.98 Å². The van der Waals surface area contributed by atoms with Gasteiger partial charge in [0, 0.05) is 11.7 Å². The highest BCUT2D eigenvalue weighted by atomic mass is 32.1. The van der Waals surface area contributed by atoms with Crippen LogP contribution in [0.15, 0.2) is 5.51 Å². The first-order chi connectivity index (χ1) is 5.77. The molecule has 0 spiro atoms. The fourth-order valence-corrected chi connectivity index (χ4v) is 1.02. The Morgan fingerprint density at radius 1 is 2.12 bits per heavy atom. The molecule has 0 amide bonds. The van der Waals surface area contributed by atoms with Crippen LogP contribution in [0.25, 0.3) is 0 Å². The van der Waals surface area contributed by atoms with Crippen LogP contribution in [-0.2, 0) is 6.37 Å². The summed E-state index contributed by atoms with van der Waals surface area (Å²) in [6, 6.07) is 0. The summed E-state index contributed by atoms with van der Waals surface area (Å²) in [6.45, 7) is -1.03. The quantitative estimate of drug-likeness (QED) is 0.569. The summed E-state index contributed by atoms with van der Waals surface area (Å²) in [5.74, 6) is 0. The molecular formula is C6H9NS. The van der Waals surface area contributed by atoms with Gasteiger partial charge < -0.3 is 0 Å². The zero-order valence-corrected chi connectivity index (χ0v) is 5.25. The molecule has 1 aromatic rings. The third-order valence-electron chi connectivity index (χ3n) is 0.859. The van der Waals surface area contributed by atoms with E-state index in [2.05, 4.69) is 4.98 Å². The second-order valence-electron chi connectivity index (χ2n) is 1.39. The first-order valence-electron chi connectivity index (χ1n) is 4.67. The van der Waals surface area contributed by atoms with Gasteiger partial charge in [-0.05, 0) is 13.3 Å². The average Bonchev–Trinajstić information content (AvgIpc) is 2.32. The largest absolute Gasteiger partial charge is 0.250 e. The number of hydrogen-bond acceptors (Lipinski definition) is 2. The number of aryl methyl sites for hydroxylation is 2. The highest BCUT2D eigenvalue weighted by Crippen LogP contribution is 2.11. The van der Waals surface area contributed by atoms with Crippen molar-refractivity contribution in [1.29, 1.82) is 0 Å². The lowest BCUT2D eigenvalue weighted by molar-refractivity contribution is 1.11. The lowest BCUT2D eigenvalue weighted by Crippen LogP contribution is -1.76. The molecule has 2 heteroatoms. The Labute approximate surface area is 60.4 Å². The minimum absolute atomic E-state index is 0.188. The second kappa shape index (κ2) is 2.27. The van der Waals surface area contributed by atoms with Gasteiger partial charge in [0.2, 0.25) is 0 Å². The summed E-state index contributed by atoms with van der Waals surface area (Å²) in [4.78, 5) is 4.01. The second-order valence-corrected chi connectivity index (χ2v) is 2.25. The van der Waals surface area contributed by atoms with Gasteiger partial charge in [-0.3, -0.25) is 0 Å². The minimum atomic E-state index is -2.63. The molecular weight excluding hydrogens is 118 g/mol. The smallest absolute Gasteiger partial charge is 0.0797 e. The number of nitrogens with zero attached hydrogens (tertiary/aromatic N) is 1. The molecule has 1 aromatic heterocycles. The summed E-state index contributed by atoms with van der Waals surface area (Å²) in [5.41, 5.74) is 1.90. The summed E-state index contributed by atoms with van der Waals surface area (Å²) in [7, 11) is 0. The fourth-order valence-electron chi connectivity index (χ4n) is 0.422. The van der Waals surface area contributed by atoms with Crippen LogP contribution < -0.4 is 0 Å². The molecule has 0 aliphatic heterocycles. The van der Waals surface area contributed by atoms with E-state index < -0.39 is 13.2 Å². The van der Waals surface area contributed by atoms with Crippen molar-refractivity contribution in [3.05, 3.63) is 16.1 Å². The Hall–Kier alpha value is -0.370. The minimum Gasteiger partial charge on any atom is -0.250 e. The molecule has 1 rings (SSSR count). The van der Waals surface area contributed by atoms with Crippen molar-refractivity contribution in [3.8, 4) is 0 Å². The maximum Gasteiger partial charge on any atom is 0.0797 e. The SMILES string of the molecule is [2H]C([2H])([2H])C([2H])([2H])c1scnc1C. The van der Waals surface area contributed by atoms with E-state index in [-0.39, 0.29) is 4.88 Å². The van der Waals surface area contributed by atoms with Crippen molar-refractivity contribution < 1.29 is 6.85 Å². The summed E-state index contributed by atoms with van der Waals surface area (Å²) >= 11 is 1.04. The van der Waals surface area contributed by atoms with Crippen molar-refractivity contribution in [2.75, 3.05) is 0 Å². The van der Waals surface area contributed by atoms with Gasteiger partial charge in [0.1, 0.15) is 0 Å². The first-order valence-corrected chi connectivity index (χ1v) is 3.05. The Kier molecular flexibility index (Phi) is 0.596. The molecule has 0 atom stereocenters. The van der Waals surface area contributed by atoms with Crippen LogP contribution in [-0.4, -0.2) is 4.98 Å². The number of hydrogen-bond donors (Lipinski definition) is 0. The van der Waals surface area contributed by atoms with Gasteiger partial charge in [0.15, 0.2) is 0 Å². The van der Waals surface area contributed by atoms with Crippen molar-refractivity contribution >= 4 is 11.3 Å². The molecule has 0 aromatic carbocycles. The van der Waals surface area contributed by atoms with Gasteiger partial charge in [0.05, 0.1) is 11.2 Å². The van der Waals surface area contributed by atoms with Gasteiger partial charge in [-0.1, -0.05) is 6.85 Å². The Morgan fingerprint density at radius 3 is 3.50 bits per heavy atom. The lowest BCUT2D eigenvalue weighted by Gasteiger charge is -1.85. The lowest BCUT2D eigenvalue weighted by atomic mass is 10.3. The topological polar surface area (TPSA) is 12.9 Å². The number of aromatic nitrogens is 1. The first kappa shape index (κ1) is 2.10. The Morgan fingerprint density at radius 2 is 3.00 bits per heavy atom. The molecule has 0 fully saturated rings. The molecule has 44 valence electrons. The van der Waals surface area contributed by atoms with Crippen LogP contribution in [0.5, 0.6) is 0 Å². The molecule has 0 aliphatic rings. The maximum atomic E-state index is 7.45. The third kappa shape index (κ3) is 0.892. The summed E-state index contributed by atoms with van der Waals surface area (Å²) in [5, 5.41) is 0. The Bertz CT molecular complexity index is 302. The number of thiazole rings is 1. The molecule has 0 bridgehead atoms. The van der Waals surface area contributed by atoms with Crippen LogP contribution >= 0.6 is 11.3 Å². The predicted molar refractivity (Wildman–Crippen MR) is 36.2 cm³/mol. The van der Waals surface area contributed by atoms with E-state index >= 15 is 0 Å². The zero-order chi connectivity index (χ0) is 10.3. The van der Waals surface area contributed by atoms with Gasteiger partial charge in [0.25, 0.3) is 0 Å². The van der Waals surface area contributed by atoms with Gasteiger partial charge >= 0.3 is 0 Å². The van der Waals surface area contributed by atoms with Crippen LogP contribution in [0, 0.1) is 6.92 Å². The van der Waals surface area contributed by atoms with E-state index in [1.54, 1.807) is 6.92 Å². The average molecular weight is 132 g/mol. The van der Waals surface area contributed by atoms with E-state index in [4.69, 9.17) is 6.85 Å². The molecule has 0 saturated carbocycles. The zero-order valence-electron chi connectivity index (χ0n) is 9.43. The summed E-state index contributed by atoms with van der Waals surface area (Å²) in [6.07, 6.45) is -2.29. The molecule has 0 radical (unpaired) electrons. The van der Waals surface area contributed by atoms with Crippen LogP contribution in [0.2, 0.25) is 0 Å². The van der Waals surface area contributed by atoms with E-state index in [0.29, 0.717) is 5.69 Å². The maximum absolute atomic E-state index is 7.45. The van der Waals surface area contributed by atoms with Gasteiger partial charge in [-0.15, -0.1) is 11.3 Å². The molecule has 0 N–H and O–H groups in total. The van der Waals surface area contributed by atoms with Crippen molar-refractivity contribution in [2.45, 2.75) is 20.1 Å². The van der Waals surface area contributed by atoms with Crippen LogP contribution in [0.3, 0.4) is 0 Å². The number of rotatable bonds is 1. The standard InChI is InChI=1S/C6H9NS/c1-3-6-5(2)7-4-8-6/h4H,3H2,1-2H3/i1D3,3D2. The normalized spacial score (nSPS) is 22.4. The van der Waals surface area contributed by atoms with E-state index in [9.17, 15) is 0 Å². The molecule has 0 saturated heterocycles. The molecule has 0 aliphatic carbocycles. The molecule has 8 heavy (non-hydrogen) atoms. The molecule has 0 unspecified atom stereocenters.